The van der Waals surface area contributed by atoms with Crippen LogP contribution in [0.4, 0.5) is 0 Å². The molecule has 0 radical (unpaired) electrons. The largest absolute Gasteiger partial charge is 1.00 e. The van der Waals surface area contributed by atoms with Crippen molar-refractivity contribution in [3.05, 3.63) is 11.5 Å². The molecule has 1 rings (SSSR count). The van der Waals surface area contributed by atoms with Crippen LogP contribution in [0.3, 0.4) is 0 Å². The van der Waals surface area contributed by atoms with Crippen LogP contribution >= 0.6 is 24.4 Å². The van der Waals surface area contributed by atoms with Gasteiger partial charge in [0.05, 0.1) is 6.61 Å². The minimum absolute atomic E-state index is 0. The Morgan fingerprint density at radius 3 is 2.46 bits per heavy atom. The molecule has 4 N–H and O–H groups in total. The first kappa shape index (κ1) is 25.3. The van der Waals surface area contributed by atoms with Crippen molar-refractivity contribution in [1.29, 1.82) is 0 Å². The summed E-state index contributed by atoms with van der Waals surface area (Å²) in [4.78, 5) is 0. The predicted octanol–water partition coefficient (Wildman–Crippen LogP) is -4.85. The van der Waals surface area contributed by atoms with Gasteiger partial charge in [-0.25, -0.2) is 0 Å². The predicted molar refractivity (Wildman–Crippen MR) is 82.3 cm³/mol. The maximum Gasteiger partial charge on any atom is 1.00 e. The van der Waals surface area contributed by atoms with E-state index in [4.69, 9.17) is 9.84 Å². The molecule has 0 spiro atoms. The number of thiol groups is 1. The second kappa shape index (κ2) is 11.9. The molecule has 1 aliphatic heterocycles. The molecule has 24 heavy (non-hydrogen) atoms. The van der Waals surface area contributed by atoms with Crippen LogP contribution in [0.25, 0.3) is 0 Å². The molecule has 0 aromatic rings. The van der Waals surface area contributed by atoms with Crippen LogP contribution in [0, 0.1) is 0 Å². The molecule has 1 aliphatic rings. The van der Waals surface area contributed by atoms with Crippen LogP contribution in [0.2, 0.25) is 0 Å². The number of hydrogen-bond donors (Lipinski definition) is 5. The molecule has 0 amide bonds. The third-order valence-electron chi connectivity index (χ3n) is 2.73. The molecular formula is C10H16KNO9S3. The summed E-state index contributed by atoms with van der Waals surface area (Å²) in [6.07, 6.45) is -4.35. The smallest absolute Gasteiger partial charge is 0.714 e. The minimum Gasteiger partial charge on any atom is -0.714 e. The van der Waals surface area contributed by atoms with E-state index in [-0.39, 0.29) is 62.8 Å². The van der Waals surface area contributed by atoms with Crippen LogP contribution in [-0.2, 0) is 19.4 Å². The Morgan fingerprint density at radius 2 is 1.96 bits per heavy atom. The van der Waals surface area contributed by atoms with Gasteiger partial charge in [-0.05, 0) is 5.41 Å². The zero-order valence-corrected chi connectivity index (χ0v) is 18.1. The number of thioether (sulfide) groups is 1. The molecular weight excluding hydrogens is 413 g/mol. The van der Waals surface area contributed by atoms with E-state index in [1.54, 1.807) is 0 Å². The number of rotatable bonds is 6. The Hall–Kier alpha value is 1.26. The van der Waals surface area contributed by atoms with Gasteiger partial charge < -0.3 is 29.7 Å². The second-order valence-corrected chi connectivity index (χ2v) is 6.81. The van der Waals surface area contributed by atoms with Gasteiger partial charge in [-0.15, -0.1) is 0 Å². The fourth-order valence-corrected chi connectivity index (χ4v) is 3.02. The summed E-state index contributed by atoms with van der Waals surface area (Å²) in [7, 11) is -5.06. The molecule has 0 saturated carbocycles. The molecule has 0 aromatic carbocycles. The van der Waals surface area contributed by atoms with E-state index in [0.717, 1.165) is 0 Å². The third-order valence-corrected chi connectivity index (χ3v) is 4.33. The van der Waals surface area contributed by atoms with Crippen molar-refractivity contribution in [2.75, 3.05) is 6.61 Å². The molecule has 5 atom stereocenters. The molecule has 0 aromatic heterocycles. The maximum atomic E-state index is 10.4. The Labute approximate surface area is 191 Å². The van der Waals surface area contributed by atoms with Gasteiger partial charge in [0.25, 0.3) is 10.4 Å². The molecule has 0 unspecified atom stereocenters. The van der Waals surface area contributed by atoms with Crippen LogP contribution in [0.15, 0.2) is 16.6 Å². The van der Waals surface area contributed by atoms with E-state index in [2.05, 4.69) is 22.1 Å². The van der Waals surface area contributed by atoms with Gasteiger partial charge in [0.1, 0.15) is 34.9 Å². The number of ether oxygens (including phenoxy) is 1. The molecule has 0 aliphatic carbocycles. The van der Waals surface area contributed by atoms with Crippen molar-refractivity contribution in [2.24, 2.45) is 5.16 Å². The number of aliphatic hydroxyl groups excluding tert-OH is 4. The Kier molecular flexibility index (Phi) is 12.5. The monoisotopic (exact) mass is 429 g/mol. The number of nitrogens with zero attached hydrogens (tertiary/aromatic N) is 1. The van der Waals surface area contributed by atoms with Crippen molar-refractivity contribution in [3.63, 3.8) is 0 Å². The average molecular weight is 430 g/mol. The summed E-state index contributed by atoms with van der Waals surface area (Å²) in [5.74, 6) is 0. The maximum absolute atomic E-state index is 10.4. The summed E-state index contributed by atoms with van der Waals surface area (Å²) in [6, 6.07) is 0. The summed E-state index contributed by atoms with van der Waals surface area (Å²) < 4.78 is 40.3. The number of oxime groups is 1. The van der Waals surface area contributed by atoms with Gasteiger partial charge >= 0.3 is 51.4 Å². The third kappa shape index (κ3) is 8.30. The van der Waals surface area contributed by atoms with Crippen molar-refractivity contribution in [3.8, 4) is 0 Å². The van der Waals surface area contributed by atoms with Gasteiger partial charge in [0, 0.05) is 6.42 Å². The first-order valence-corrected chi connectivity index (χ1v) is 8.90. The van der Waals surface area contributed by atoms with Crippen molar-refractivity contribution in [1.82, 2.24) is 0 Å². The minimum atomic E-state index is -5.06. The molecule has 134 valence electrons. The fraction of sp³-hybridized carbons (Fsp3) is 0.700. The topological polar surface area (TPSA) is 169 Å². The summed E-state index contributed by atoms with van der Waals surface area (Å²) >= 11 is 4.47. The number of hydrogen-bond acceptors (Lipinski definition) is 12. The zero-order chi connectivity index (χ0) is 17.6. The standard InChI is InChI=1S/C10H17NO9S3.K/c12-4-5-7(13)8(14)9(15)10(19-5)22-6(2-1-3-21)11-20-23(16,17)18;/h1,3,5,7-10,12-15,21H,2,4H2,(H,16,17,18);/q;+1/p-1/b3-1+,11-6-;/t5-,7-,8+,9-,10+;/m1./s1. The molecule has 14 heteroatoms. The average Bonchev–Trinajstić information content (AvgIpc) is 2.49. The van der Waals surface area contributed by atoms with E-state index in [1.165, 1.54) is 11.5 Å². The molecule has 1 saturated heterocycles. The Balaban J connectivity index is 0.00000529. The van der Waals surface area contributed by atoms with Crippen LogP contribution in [0.1, 0.15) is 6.42 Å². The fourth-order valence-electron chi connectivity index (χ4n) is 1.65. The zero-order valence-electron chi connectivity index (χ0n) is 12.5. The van der Waals surface area contributed by atoms with Gasteiger partial charge in [0.2, 0.25) is 0 Å². The van der Waals surface area contributed by atoms with E-state index in [9.17, 15) is 28.3 Å². The van der Waals surface area contributed by atoms with Crippen LogP contribution < -0.4 is 51.4 Å². The van der Waals surface area contributed by atoms with Gasteiger partial charge in [-0.2, -0.15) is 21.0 Å². The first-order valence-electron chi connectivity index (χ1n) is 6.17. The molecule has 1 heterocycles. The molecule has 10 nitrogen and oxygen atoms in total. The SMILES string of the molecule is O=S(=O)([O-])O/N=C(/C/C=C/S)S[C@@H]1O[C@H](CO)[C@@H](O)[C@H](O)[C@H]1O.[K+]. The van der Waals surface area contributed by atoms with Crippen molar-refractivity contribution in [2.45, 2.75) is 36.3 Å². The van der Waals surface area contributed by atoms with Crippen molar-refractivity contribution < 1.29 is 93.8 Å². The Bertz CT molecular complexity index is 542. The van der Waals surface area contributed by atoms with E-state index in [1.807, 2.05) is 0 Å². The van der Waals surface area contributed by atoms with Crippen LogP contribution in [0.5, 0.6) is 0 Å². The normalized spacial score (nSPS) is 31.8. The first-order chi connectivity index (χ1) is 10.7. The van der Waals surface area contributed by atoms with E-state index < -0.39 is 46.9 Å². The summed E-state index contributed by atoms with van der Waals surface area (Å²) in [5, 5.41) is 42.7. The van der Waals surface area contributed by atoms with Gasteiger partial charge in [-0.1, -0.05) is 23.0 Å². The van der Waals surface area contributed by atoms with Crippen molar-refractivity contribution >= 4 is 39.8 Å². The second-order valence-electron chi connectivity index (χ2n) is 4.37. The quantitative estimate of drug-likeness (QED) is 0.0525. The molecule has 0 bridgehead atoms. The molecule has 1 fully saturated rings. The van der Waals surface area contributed by atoms with E-state index >= 15 is 0 Å². The van der Waals surface area contributed by atoms with Gasteiger partial charge in [0.15, 0.2) is 0 Å². The van der Waals surface area contributed by atoms with E-state index in [0.29, 0.717) is 11.8 Å². The number of aliphatic hydroxyl groups is 4. The Morgan fingerprint density at radius 1 is 1.33 bits per heavy atom. The number of allylic oxidation sites excluding steroid dienone is 1. The van der Waals surface area contributed by atoms with Gasteiger partial charge in [-0.3, -0.25) is 4.28 Å². The summed E-state index contributed by atoms with van der Waals surface area (Å²) in [6.45, 7) is -0.615. The summed E-state index contributed by atoms with van der Waals surface area (Å²) in [5.41, 5.74) is -1.18. The van der Waals surface area contributed by atoms with Crippen LogP contribution in [-0.4, -0.2) is 74.9 Å².